The molecule has 0 bridgehead atoms. The van der Waals surface area contributed by atoms with Crippen LogP contribution in [0.15, 0.2) is 36.7 Å². The van der Waals surface area contributed by atoms with Gasteiger partial charge in [-0.3, -0.25) is 0 Å². The predicted octanol–water partition coefficient (Wildman–Crippen LogP) is 4.10. The predicted molar refractivity (Wildman–Crippen MR) is 141 cm³/mol. The topological polar surface area (TPSA) is 74.9 Å². The third-order valence-corrected chi connectivity index (χ3v) is 7.86. The van der Waals surface area contributed by atoms with Crippen molar-refractivity contribution in [1.82, 2.24) is 24.6 Å². The molecule has 0 saturated carbocycles. The van der Waals surface area contributed by atoms with Gasteiger partial charge in [0, 0.05) is 55.3 Å². The summed E-state index contributed by atoms with van der Waals surface area (Å²) in [7, 11) is 0. The summed E-state index contributed by atoms with van der Waals surface area (Å²) in [5.74, 6) is 3.06. The zero-order valence-corrected chi connectivity index (χ0v) is 20.9. The van der Waals surface area contributed by atoms with Gasteiger partial charge in [-0.2, -0.15) is 9.61 Å². The second-order valence-corrected chi connectivity index (χ2v) is 10.3. The first-order valence-corrected chi connectivity index (χ1v) is 13.3. The van der Waals surface area contributed by atoms with E-state index in [4.69, 9.17) is 31.4 Å². The molecule has 3 saturated heterocycles. The minimum Gasteiger partial charge on any atom is -0.378 e. The molecule has 1 aromatic carbocycles. The molecule has 0 spiro atoms. The fourth-order valence-electron chi connectivity index (χ4n) is 5.59. The summed E-state index contributed by atoms with van der Waals surface area (Å²) in [6.07, 6.45) is 6.16. The Labute approximate surface area is 214 Å². The lowest BCUT2D eigenvalue weighted by atomic mass is 9.99. The highest BCUT2D eigenvalue weighted by Crippen LogP contribution is 2.38. The standard InChI is InChI=1S/C26H29ClN8O/c27-18-5-6-20-19(14-18)26(29-17-28-20)34-9-2-1-4-22(34)21-15-24-30-23(32-7-3-8-32)16-25(35(24)31-21)33-10-12-36-13-11-33/h5-6,14-17,22H,1-4,7-13H2. The number of halogens is 1. The molecule has 0 aliphatic carbocycles. The van der Waals surface area contributed by atoms with E-state index in [1.165, 1.54) is 6.42 Å². The molecule has 3 aliphatic heterocycles. The van der Waals surface area contributed by atoms with E-state index in [1.54, 1.807) is 6.33 Å². The Hall–Kier alpha value is -3.17. The van der Waals surface area contributed by atoms with Gasteiger partial charge in [-0.25, -0.2) is 15.0 Å². The lowest BCUT2D eigenvalue weighted by Gasteiger charge is -2.36. The number of rotatable bonds is 4. The molecule has 0 amide bonds. The number of benzene rings is 1. The van der Waals surface area contributed by atoms with E-state index >= 15 is 0 Å². The van der Waals surface area contributed by atoms with Crippen LogP contribution in [0.5, 0.6) is 0 Å². The summed E-state index contributed by atoms with van der Waals surface area (Å²) < 4.78 is 7.66. The van der Waals surface area contributed by atoms with E-state index in [0.29, 0.717) is 5.02 Å². The van der Waals surface area contributed by atoms with Crippen LogP contribution in [0.3, 0.4) is 0 Å². The van der Waals surface area contributed by atoms with E-state index in [1.807, 2.05) is 22.7 Å². The third-order valence-electron chi connectivity index (χ3n) is 7.62. The average molecular weight is 505 g/mol. The molecule has 10 heteroatoms. The highest BCUT2D eigenvalue weighted by molar-refractivity contribution is 6.31. The van der Waals surface area contributed by atoms with Crippen molar-refractivity contribution in [3.63, 3.8) is 0 Å². The minimum atomic E-state index is 0.113. The molecule has 0 radical (unpaired) electrons. The van der Waals surface area contributed by atoms with Gasteiger partial charge in [-0.05, 0) is 43.9 Å². The zero-order chi connectivity index (χ0) is 24.1. The molecule has 1 unspecified atom stereocenters. The molecular formula is C26H29ClN8O. The Morgan fingerprint density at radius 1 is 0.889 bits per heavy atom. The Kier molecular flexibility index (Phi) is 5.54. The molecule has 0 N–H and O–H groups in total. The normalized spacial score (nSPS) is 20.8. The van der Waals surface area contributed by atoms with Crippen LogP contribution in [0.1, 0.15) is 37.4 Å². The molecule has 9 nitrogen and oxygen atoms in total. The molecule has 3 aromatic heterocycles. The number of fused-ring (bicyclic) bond motifs is 2. The van der Waals surface area contributed by atoms with Crippen LogP contribution in [0.25, 0.3) is 16.6 Å². The number of ether oxygens (including phenoxy) is 1. The molecule has 3 fully saturated rings. The number of hydrogen-bond donors (Lipinski definition) is 0. The molecular weight excluding hydrogens is 476 g/mol. The summed E-state index contributed by atoms with van der Waals surface area (Å²) in [6.45, 7) is 6.22. The second kappa shape index (κ2) is 9.05. The number of anilines is 3. The average Bonchev–Trinajstić information content (AvgIpc) is 3.31. The van der Waals surface area contributed by atoms with Gasteiger partial charge in [-0.15, -0.1) is 0 Å². The highest BCUT2D eigenvalue weighted by Gasteiger charge is 2.30. The van der Waals surface area contributed by atoms with Crippen molar-refractivity contribution >= 4 is 45.6 Å². The van der Waals surface area contributed by atoms with Crippen LogP contribution in [0.2, 0.25) is 5.02 Å². The van der Waals surface area contributed by atoms with Gasteiger partial charge in [0.05, 0.1) is 30.5 Å². The van der Waals surface area contributed by atoms with E-state index in [0.717, 1.165) is 105 Å². The van der Waals surface area contributed by atoms with E-state index < -0.39 is 0 Å². The SMILES string of the molecule is Clc1ccc2ncnc(N3CCCCC3c3cc4nc(N5CCC5)cc(N5CCOCC5)n4n3)c2c1. The summed E-state index contributed by atoms with van der Waals surface area (Å²) in [5.41, 5.74) is 2.84. The maximum atomic E-state index is 6.37. The first-order chi connectivity index (χ1) is 17.7. The van der Waals surface area contributed by atoms with Crippen LogP contribution in [0.4, 0.5) is 17.5 Å². The molecule has 4 aromatic rings. The summed E-state index contributed by atoms with van der Waals surface area (Å²) in [6, 6.07) is 10.3. The third kappa shape index (κ3) is 3.81. The fourth-order valence-corrected chi connectivity index (χ4v) is 5.76. The van der Waals surface area contributed by atoms with Crippen molar-refractivity contribution < 1.29 is 4.74 Å². The van der Waals surface area contributed by atoms with Gasteiger partial charge in [0.15, 0.2) is 5.65 Å². The monoisotopic (exact) mass is 504 g/mol. The van der Waals surface area contributed by atoms with Gasteiger partial charge in [0.1, 0.15) is 23.8 Å². The largest absolute Gasteiger partial charge is 0.378 e. The Morgan fingerprint density at radius 2 is 1.78 bits per heavy atom. The van der Waals surface area contributed by atoms with Crippen molar-refractivity contribution in [2.24, 2.45) is 0 Å². The van der Waals surface area contributed by atoms with Crippen LogP contribution < -0.4 is 14.7 Å². The van der Waals surface area contributed by atoms with Crippen molar-refractivity contribution in [3.8, 4) is 0 Å². The maximum absolute atomic E-state index is 6.37. The lowest BCUT2D eigenvalue weighted by Crippen LogP contribution is -2.40. The molecule has 36 heavy (non-hydrogen) atoms. The van der Waals surface area contributed by atoms with Gasteiger partial charge in [0.25, 0.3) is 0 Å². The lowest BCUT2D eigenvalue weighted by molar-refractivity contribution is 0.122. The van der Waals surface area contributed by atoms with Gasteiger partial charge in [0.2, 0.25) is 0 Å². The smallest absolute Gasteiger partial charge is 0.160 e. The quantitative estimate of drug-likeness (QED) is 0.411. The number of piperidine rings is 1. The van der Waals surface area contributed by atoms with Crippen molar-refractivity contribution in [2.75, 3.05) is 60.6 Å². The first-order valence-electron chi connectivity index (χ1n) is 12.9. The zero-order valence-electron chi connectivity index (χ0n) is 20.2. The van der Waals surface area contributed by atoms with Crippen molar-refractivity contribution in [2.45, 2.75) is 31.7 Å². The van der Waals surface area contributed by atoms with Crippen molar-refractivity contribution in [3.05, 3.63) is 47.4 Å². The van der Waals surface area contributed by atoms with Gasteiger partial charge < -0.3 is 19.4 Å². The van der Waals surface area contributed by atoms with Crippen LogP contribution in [0, 0.1) is 0 Å². The van der Waals surface area contributed by atoms with E-state index in [2.05, 4.69) is 31.8 Å². The first kappa shape index (κ1) is 22.1. The van der Waals surface area contributed by atoms with Crippen molar-refractivity contribution in [1.29, 1.82) is 0 Å². The van der Waals surface area contributed by atoms with E-state index in [-0.39, 0.29) is 6.04 Å². The second-order valence-electron chi connectivity index (χ2n) is 9.82. The summed E-state index contributed by atoms with van der Waals surface area (Å²) in [4.78, 5) is 21.3. The van der Waals surface area contributed by atoms with Gasteiger partial charge in [-0.1, -0.05) is 11.6 Å². The Morgan fingerprint density at radius 3 is 2.61 bits per heavy atom. The number of hydrogen-bond acceptors (Lipinski definition) is 8. The molecule has 7 rings (SSSR count). The molecule has 1 atom stereocenters. The maximum Gasteiger partial charge on any atom is 0.160 e. The van der Waals surface area contributed by atoms with Gasteiger partial charge >= 0.3 is 0 Å². The van der Waals surface area contributed by atoms with Crippen LogP contribution in [-0.4, -0.2) is 70.5 Å². The number of aromatic nitrogens is 5. The summed E-state index contributed by atoms with van der Waals surface area (Å²) >= 11 is 6.37. The van der Waals surface area contributed by atoms with Crippen LogP contribution in [-0.2, 0) is 4.74 Å². The minimum absolute atomic E-state index is 0.113. The molecule has 3 aliphatic rings. The Balaban J connectivity index is 1.33. The molecule has 6 heterocycles. The van der Waals surface area contributed by atoms with Crippen LogP contribution >= 0.6 is 11.6 Å². The number of morpholine rings is 1. The van der Waals surface area contributed by atoms with E-state index in [9.17, 15) is 0 Å². The molecule has 186 valence electrons. The fraction of sp³-hybridized carbons (Fsp3) is 0.462. The number of nitrogens with zero attached hydrogens (tertiary/aromatic N) is 8. The Bertz CT molecular complexity index is 1410. The highest BCUT2D eigenvalue weighted by atomic mass is 35.5. The summed E-state index contributed by atoms with van der Waals surface area (Å²) in [5, 5.41) is 6.84.